The first-order valence-corrected chi connectivity index (χ1v) is 5.91. The summed E-state index contributed by atoms with van der Waals surface area (Å²) in [6.07, 6.45) is 1.08. The first-order chi connectivity index (χ1) is 7.00. The zero-order valence-electron chi connectivity index (χ0n) is 8.73. The Balaban J connectivity index is 2.31. The Morgan fingerprint density at radius 3 is 2.60 bits per heavy atom. The van der Waals surface area contributed by atoms with Gasteiger partial charge in [0.1, 0.15) is 5.82 Å². The topological polar surface area (TPSA) is 0 Å². The van der Waals surface area contributed by atoms with Gasteiger partial charge in [-0.2, -0.15) is 0 Å². The Kier molecular flexibility index (Phi) is 2.96. The van der Waals surface area contributed by atoms with E-state index in [0.29, 0.717) is 22.4 Å². The molecule has 0 saturated heterocycles. The van der Waals surface area contributed by atoms with Gasteiger partial charge in [0, 0.05) is 10.6 Å². The second-order valence-corrected chi connectivity index (χ2v) is 5.28. The van der Waals surface area contributed by atoms with E-state index in [4.69, 9.17) is 23.2 Å². The fraction of sp³-hybridized carbons (Fsp3) is 0.500. The highest BCUT2D eigenvalue weighted by atomic mass is 35.5. The van der Waals surface area contributed by atoms with E-state index in [1.165, 1.54) is 6.07 Å². The molecule has 3 atom stereocenters. The summed E-state index contributed by atoms with van der Waals surface area (Å²) >= 11 is 12.2. The SMILES string of the molecule is Cc1cc(F)c(C(Cl)C2CC2C)cc1Cl. The van der Waals surface area contributed by atoms with Gasteiger partial charge in [0.15, 0.2) is 0 Å². The molecular formula is C12H13Cl2F. The van der Waals surface area contributed by atoms with Crippen molar-refractivity contribution in [2.45, 2.75) is 25.6 Å². The summed E-state index contributed by atoms with van der Waals surface area (Å²) in [7, 11) is 0. The molecule has 0 aromatic heterocycles. The minimum Gasteiger partial charge on any atom is -0.207 e. The Hall–Kier alpha value is -0.270. The maximum absolute atomic E-state index is 13.7. The Morgan fingerprint density at radius 1 is 1.47 bits per heavy atom. The van der Waals surface area contributed by atoms with Gasteiger partial charge in [-0.05, 0) is 42.9 Å². The van der Waals surface area contributed by atoms with Gasteiger partial charge in [0.2, 0.25) is 0 Å². The number of aryl methyl sites for hydroxylation is 1. The fourth-order valence-electron chi connectivity index (χ4n) is 1.86. The van der Waals surface area contributed by atoms with Gasteiger partial charge in [0.25, 0.3) is 0 Å². The molecule has 3 heteroatoms. The molecule has 15 heavy (non-hydrogen) atoms. The van der Waals surface area contributed by atoms with E-state index in [0.717, 1.165) is 12.0 Å². The lowest BCUT2D eigenvalue weighted by molar-refractivity contribution is 0.590. The molecule has 1 aliphatic carbocycles. The maximum Gasteiger partial charge on any atom is 0.128 e. The van der Waals surface area contributed by atoms with Gasteiger partial charge in [-0.3, -0.25) is 0 Å². The molecule has 0 N–H and O–H groups in total. The van der Waals surface area contributed by atoms with E-state index in [1.807, 2.05) is 0 Å². The number of hydrogen-bond acceptors (Lipinski definition) is 0. The van der Waals surface area contributed by atoms with Gasteiger partial charge < -0.3 is 0 Å². The molecule has 0 radical (unpaired) electrons. The van der Waals surface area contributed by atoms with Crippen molar-refractivity contribution in [3.63, 3.8) is 0 Å². The lowest BCUT2D eigenvalue weighted by atomic mass is 10.0. The van der Waals surface area contributed by atoms with Crippen molar-refractivity contribution in [1.29, 1.82) is 0 Å². The van der Waals surface area contributed by atoms with Crippen LogP contribution in [-0.2, 0) is 0 Å². The molecular weight excluding hydrogens is 234 g/mol. The molecule has 1 aromatic carbocycles. The number of rotatable bonds is 2. The summed E-state index contributed by atoms with van der Waals surface area (Å²) in [5.41, 5.74) is 1.30. The van der Waals surface area contributed by atoms with Crippen LogP contribution in [0.4, 0.5) is 4.39 Å². The first-order valence-electron chi connectivity index (χ1n) is 5.10. The minimum atomic E-state index is -0.240. The number of alkyl halides is 1. The van der Waals surface area contributed by atoms with Crippen LogP contribution in [0.5, 0.6) is 0 Å². The number of hydrogen-bond donors (Lipinski definition) is 0. The first kappa shape index (κ1) is 11.2. The molecule has 0 bridgehead atoms. The third-order valence-corrected chi connectivity index (χ3v) is 4.09. The van der Waals surface area contributed by atoms with Crippen LogP contribution in [0.2, 0.25) is 5.02 Å². The van der Waals surface area contributed by atoms with Crippen molar-refractivity contribution in [3.05, 3.63) is 34.1 Å². The Morgan fingerprint density at radius 2 is 2.07 bits per heavy atom. The predicted molar refractivity (Wildman–Crippen MR) is 62.0 cm³/mol. The van der Waals surface area contributed by atoms with Crippen molar-refractivity contribution in [3.8, 4) is 0 Å². The van der Waals surface area contributed by atoms with E-state index >= 15 is 0 Å². The molecule has 0 heterocycles. The number of benzene rings is 1. The minimum absolute atomic E-state index is 0.238. The van der Waals surface area contributed by atoms with Crippen LogP contribution in [0.1, 0.15) is 29.8 Å². The molecule has 3 unspecified atom stereocenters. The van der Waals surface area contributed by atoms with Gasteiger partial charge in [-0.15, -0.1) is 11.6 Å². The third kappa shape index (κ3) is 2.14. The molecule has 0 amide bonds. The molecule has 0 nitrogen and oxygen atoms in total. The quantitative estimate of drug-likeness (QED) is 0.663. The van der Waals surface area contributed by atoms with Crippen LogP contribution in [0.3, 0.4) is 0 Å². The Bertz CT molecular complexity index is 389. The standard InChI is InChI=1S/C12H13Cl2F/c1-6-3-8(6)12(14)9-5-10(13)7(2)4-11(9)15/h4-6,8,12H,3H2,1-2H3. The lowest BCUT2D eigenvalue weighted by Crippen LogP contribution is -1.99. The maximum atomic E-state index is 13.7. The van der Waals surface area contributed by atoms with Crippen molar-refractivity contribution in [2.75, 3.05) is 0 Å². The van der Waals surface area contributed by atoms with Crippen LogP contribution in [0.15, 0.2) is 12.1 Å². The second-order valence-electron chi connectivity index (χ2n) is 4.40. The summed E-state index contributed by atoms with van der Waals surface area (Å²) in [6, 6.07) is 3.12. The second kappa shape index (κ2) is 3.95. The Labute approximate surface area is 99.4 Å². The summed E-state index contributed by atoms with van der Waals surface area (Å²) in [5, 5.41) is 0.350. The monoisotopic (exact) mass is 246 g/mol. The number of halogens is 3. The van der Waals surface area contributed by atoms with E-state index in [1.54, 1.807) is 13.0 Å². The summed E-state index contributed by atoms with van der Waals surface area (Å²) < 4.78 is 13.7. The molecule has 0 spiro atoms. The van der Waals surface area contributed by atoms with Gasteiger partial charge in [-0.25, -0.2) is 4.39 Å². The van der Waals surface area contributed by atoms with Crippen LogP contribution >= 0.6 is 23.2 Å². The van der Waals surface area contributed by atoms with E-state index in [2.05, 4.69) is 6.92 Å². The van der Waals surface area contributed by atoms with Gasteiger partial charge in [0.05, 0.1) is 5.38 Å². The van der Waals surface area contributed by atoms with Crippen LogP contribution in [0, 0.1) is 24.6 Å². The molecule has 1 aliphatic rings. The lowest BCUT2D eigenvalue weighted by Gasteiger charge is -2.11. The molecule has 1 fully saturated rings. The molecule has 2 rings (SSSR count). The van der Waals surface area contributed by atoms with Crippen molar-refractivity contribution >= 4 is 23.2 Å². The average molecular weight is 247 g/mol. The molecule has 0 aliphatic heterocycles. The highest BCUT2D eigenvalue weighted by Crippen LogP contribution is 2.51. The highest BCUT2D eigenvalue weighted by Gasteiger charge is 2.40. The normalized spacial score (nSPS) is 26.5. The predicted octanol–water partition coefficient (Wildman–Crippen LogP) is 4.72. The zero-order valence-corrected chi connectivity index (χ0v) is 10.2. The molecule has 1 aromatic rings. The smallest absolute Gasteiger partial charge is 0.128 e. The fourth-order valence-corrected chi connectivity index (χ4v) is 2.55. The van der Waals surface area contributed by atoms with Crippen LogP contribution < -0.4 is 0 Å². The van der Waals surface area contributed by atoms with E-state index in [9.17, 15) is 4.39 Å². The molecule has 82 valence electrons. The van der Waals surface area contributed by atoms with Crippen molar-refractivity contribution in [2.24, 2.45) is 11.8 Å². The van der Waals surface area contributed by atoms with E-state index in [-0.39, 0.29) is 11.2 Å². The van der Waals surface area contributed by atoms with Gasteiger partial charge >= 0.3 is 0 Å². The summed E-state index contributed by atoms with van der Waals surface area (Å²) in [5.74, 6) is 0.767. The van der Waals surface area contributed by atoms with Gasteiger partial charge in [-0.1, -0.05) is 18.5 Å². The van der Waals surface area contributed by atoms with Crippen molar-refractivity contribution in [1.82, 2.24) is 0 Å². The molecule has 1 saturated carbocycles. The van der Waals surface area contributed by atoms with Crippen LogP contribution in [0.25, 0.3) is 0 Å². The highest BCUT2D eigenvalue weighted by molar-refractivity contribution is 6.31. The largest absolute Gasteiger partial charge is 0.207 e. The third-order valence-electron chi connectivity index (χ3n) is 3.12. The van der Waals surface area contributed by atoms with Crippen molar-refractivity contribution < 1.29 is 4.39 Å². The summed E-state index contributed by atoms with van der Waals surface area (Å²) in [4.78, 5) is 0. The summed E-state index contributed by atoms with van der Waals surface area (Å²) in [6.45, 7) is 3.92. The average Bonchev–Trinajstić information content (AvgIpc) is 2.88. The zero-order chi connectivity index (χ0) is 11.2. The van der Waals surface area contributed by atoms with Crippen LogP contribution in [-0.4, -0.2) is 0 Å². The van der Waals surface area contributed by atoms with E-state index < -0.39 is 0 Å².